The molecule has 0 amide bonds. The van der Waals surface area contributed by atoms with E-state index in [-0.39, 0.29) is 11.0 Å². The number of nitriles is 1. The Bertz CT molecular complexity index is 605. The highest BCUT2D eigenvalue weighted by Crippen LogP contribution is 2.20. The van der Waals surface area contributed by atoms with Crippen LogP contribution in [0.4, 0.5) is 0 Å². The molecule has 116 valence electrons. The highest BCUT2D eigenvalue weighted by atomic mass is 32.2. The predicted octanol–water partition coefficient (Wildman–Crippen LogP) is 2.14. The van der Waals surface area contributed by atoms with Crippen molar-refractivity contribution >= 4 is 9.84 Å². The SMILES string of the molecule is CCNC(C)(C#N)CC(C)Oc1ccc(S(C)(=O)=O)cc1. The van der Waals surface area contributed by atoms with E-state index in [2.05, 4.69) is 11.4 Å². The summed E-state index contributed by atoms with van der Waals surface area (Å²) in [7, 11) is -3.20. The Morgan fingerprint density at radius 1 is 1.38 bits per heavy atom. The molecule has 1 rings (SSSR count). The molecule has 0 bridgehead atoms. The van der Waals surface area contributed by atoms with Crippen molar-refractivity contribution in [2.75, 3.05) is 12.8 Å². The molecule has 2 unspecified atom stereocenters. The molecule has 21 heavy (non-hydrogen) atoms. The Kier molecular flexibility index (Phi) is 5.76. The molecule has 0 aliphatic rings. The summed E-state index contributed by atoms with van der Waals surface area (Å²) in [4.78, 5) is 0.261. The van der Waals surface area contributed by atoms with Crippen molar-refractivity contribution in [3.63, 3.8) is 0 Å². The summed E-state index contributed by atoms with van der Waals surface area (Å²) in [6.45, 7) is 6.38. The fourth-order valence-electron chi connectivity index (χ4n) is 2.16. The van der Waals surface area contributed by atoms with Crippen LogP contribution in [0.3, 0.4) is 0 Å². The average Bonchev–Trinajstić information content (AvgIpc) is 2.38. The van der Waals surface area contributed by atoms with Crippen molar-refractivity contribution in [3.8, 4) is 11.8 Å². The van der Waals surface area contributed by atoms with E-state index in [1.165, 1.54) is 18.4 Å². The summed E-state index contributed by atoms with van der Waals surface area (Å²) in [5.74, 6) is 0.590. The maximum Gasteiger partial charge on any atom is 0.175 e. The quantitative estimate of drug-likeness (QED) is 0.834. The molecule has 0 fully saturated rings. The van der Waals surface area contributed by atoms with Gasteiger partial charge in [0.05, 0.1) is 17.1 Å². The highest BCUT2D eigenvalue weighted by Gasteiger charge is 2.26. The molecule has 0 aliphatic heterocycles. The minimum atomic E-state index is -3.20. The Morgan fingerprint density at radius 2 is 1.95 bits per heavy atom. The molecule has 0 heterocycles. The maximum atomic E-state index is 11.4. The number of rotatable bonds is 7. The molecule has 0 radical (unpaired) electrons. The fourth-order valence-corrected chi connectivity index (χ4v) is 2.79. The monoisotopic (exact) mass is 310 g/mol. The van der Waals surface area contributed by atoms with E-state index in [9.17, 15) is 13.7 Å². The summed E-state index contributed by atoms with van der Waals surface area (Å²) in [6, 6.07) is 8.55. The first kappa shape index (κ1) is 17.5. The van der Waals surface area contributed by atoms with Crippen LogP contribution in [-0.4, -0.2) is 32.9 Å². The summed E-state index contributed by atoms with van der Waals surface area (Å²) < 4.78 is 28.5. The number of ether oxygens (including phenoxy) is 1. The Hall–Kier alpha value is -1.58. The van der Waals surface area contributed by atoms with E-state index in [4.69, 9.17) is 4.74 Å². The molecule has 0 aliphatic carbocycles. The average molecular weight is 310 g/mol. The van der Waals surface area contributed by atoms with E-state index in [0.717, 1.165) is 0 Å². The van der Waals surface area contributed by atoms with Gasteiger partial charge < -0.3 is 4.74 Å². The second-order valence-electron chi connectivity index (χ2n) is 5.35. The van der Waals surface area contributed by atoms with Crippen molar-refractivity contribution in [2.45, 2.75) is 43.7 Å². The zero-order valence-corrected chi connectivity index (χ0v) is 13.7. The predicted molar refractivity (Wildman–Crippen MR) is 82.0 cm³/mol. The number of benzene rings is 1. The number of hydrogen-bond acceptors (Lipinski definition) is 5. The molecule has 1 aromatic carbocycles. The molecular weight excluding hydrogens is 288 g/mol. The summed E-state index contributed by atoms with van der Waals surface area (Å²) in [6.07, 6.45) is 1.53. The van der Waals surface area contributed by atoms with Gasteiger partial charge in [-0.05, 0) is 44.7 Å². The Morgan fingerprint density at radius 3 is 2.38 bits per heavy atom. The molecule has 0 aromatic heterocycles. The van der Waals surface area contributed by atoms with Crippen molar-refractivity contribution in [3.05, 3.63) is 24.3 Å². The van der Waals surface area contributed by atoms with Crippen LogP contribution in [0.5, 0.6) is 5.75 Å². The maximum absolute atomic E-state index is 11.4. The van der Waals surface area contributed by atoms with Crippen molar-refractivity contribution in [1.82, 2.24) is 5.32 Å². The van der Waals surface area contributed by atoms with Gasteiger partial charge in [-0.2, -0.15) is 5.26 Å². The molecular formula is C15H22N2O3S. The van der Waals surface area contributed by atoms with Gasteiger partial charge in [-0.25, -0.2) is 8.42 Å². The minimum absolute atomic E-state index is 0.169. The van der Waals surface area contributed by atoms with Gasteiger partial charge in [-0.3, -0.25) is 5.32 Å². The molecule has 6 heteroatoms. The summed E-state index contributed by atoms with van der Waals surface area (Å²) in [5, 5.41) is 12.4. The van der Waals surface area contributed by atoms with Crippen LogP contribution in [0.15, 0.2) is 29.2 Å². The van der Waals surface area contributed by atoms with E-state index in [0.29, 0.717) is 18.7 Å². The summed E-state index contributed by atoms with van der Waals surface area (Å²) >= 11 is 0. The topological polar surface area (TPSA) is 79.2 Å². The lowest BCUT2D eigenvalue weighted by molar-refractivity contribution is 0.180. The van der Waals surface area contributed by atoms with Crippen molar-refractivity contribution in [2.24, 2.45) is 0 Å². The third kappa shape index (κ3) is 5.37. The van der Waals surface area contributed by atoms with Crippen LogP contribution in [-0.2, 0) is 9.84 Å². The fraction of sp³-hybridized carbons (Fsp3) is 0.533. The van der Waals surface area contributed by atoms with Gasteiger partial charge in [-0.1, -0.05) is 6.92 Å². The van der Waals surface area contributed by atoms with Gasteiger partial charge in [0.2, 0.25) is 0 Å². The lowest BCUT2D eigenvalue weighted by Gasteiger charge is -2.26. The van der Waals surface area contributed by atoms with E-state index >= 15 is 0 Å². The first-order chi connectivity index (χ1) is 9.70. The number of nitrogens with zero attached hydrogens (tertiary/aromatic N) is 1. The standard InChI is InChI=1S/C15H22N2O3S/c1-5-17-15(3,11-16)10-12(2)20-13-6-8-14(9-7-13)21(4,18)19/h6-9,12,17H,5,10H2,1-4H3. The third-order valence-electron chi connectivity index (χ3n) is 3.10. The van der Waals surface area contributed by atoms with Crippen molar-refractivity contribution in [1.29, 1.82) is 5.26 Å². The van der Waals surface area contributed by atoms with E-state index in [1.54, 1.807) is 12.1 Å². The lowest BCUT2D eigenvalue weighted by Crippen LogP contribution is -2.44. The van der Waals surface area contributed by atoms with Crippen LogP contribution in [0.1, 0.15) is 27.2 Å². The third-order valence-corrected chi connectivity index (χ3v) is 4.23. The molecule has 5 nitrogen and oxygen atoms in total. The van der Waals surface area contributed by atoms with Crippen LogP contribution in [0.25, 0.3) is 0 Å². The smallest absolute Gasteiger partial charge is 0.175 e. The van der Waals surface area contributed by atoms with E-state index in [1.807, 2.05) is 20.8 Å². The highest BCUT2D eigenvalue weighted by molar-refractivity contribution is 7.90. The largest absolute Gasteiger partial charge is 0.491 e. The molecule has 2 atom stereocenters. The normalized spacial score (nSPS) is 15.8. The second kappa shape index (κ2) is 6.92. The van der Waals surface area contributed by atoms with Gasteiger partial charge in [-0.15, -0.1) is 0 Å². The number of hydrogen-bond donors (Lipinski definition) is 1. The molecule has 0 saturated heterocycles. The molecule has 1 aromatic rings. The summed E-state index contributed by atoms with van der Waals surface area (Å²) in [5.41, 5.74) is -0.638. The minimum Gasteiger partial charge on any atom is -0.491 e. The second-order valence-corrected chi connectivity index (χ2v) is 7.37. The lowest BCUT2D eigenvalue weighted by atomic mass is 9.96. The first-order valence-corrected chi connectivity index (χ1v) is 8.72. The first-order valence-electron chi connectivity index (χ1n) is 6.83. The van der Waals surface area contributed by atoms with E-state index < -0.39 is 15.4 Å². The van der Waals surface area contributed by atoms with Gasteiger partial charge in [0.1, 0.15) is 11.3 Å². The Balaban J connectivity index is 2.71. The van der Waals surface area contributed by atoms with Crippen LogP contribution in [0, 0.1) is 11.3 Å². The van der Waals surface area contributed by atoms with Gasteiger partial charge >= 0.3 is 0 Å². The van der Waals surface area contributed by atoms with Gasteiger partial charge in [0.15, 0.2) is 9.84 Å². The van der Waals surface area contributed by atoms with Crippen LogP contribution in [0.2, 0.25) is 0 Å². The molecule has 0 spiro atoms. The Labute approximate surface area is 126 Å². The number of nitrogens with one attached hydrogen (secondary N) is 1. The zero-order valence-electron chi connectivity index (χ0n) is 12.9. The van der Waals surface area contributed by atoms with Gasteiger partial charge in [0.25, 0.3) is 0 Å². The van der Waals surface area contributed by atoms with Gasteiger partial charge in [0, 0.05) is 12.7 Å². The van der Waals surface area contributed by atoms with Crippen molar-refractivity contribution < 1.29 is 13.2 Å². The molecule has 0 saturated carbocycles. The van der Waals surface area contributed by atoms with Crippen LogP contribution < -0.4 is 10.1 Å². The van der Waals surface area contributed by atoms with Crippen LogP contribution >= 0.6 is 0 Å². The zero-order chi connectivity index (χ0) is 16.1. The number of sulfone groups is 1. The molecule has 1 N–H and O–H groups in total.